The summed E-state index contributed by atoms with van der Waals surface area (Å²) >= 11 is 0. The number of carbonyl (C=O) groups is 1. The van der Waals surface area contributed by atoms with Gasteiger partial charge in [0.1, 0.15) is 11.0 Å². The number of carbonyl (C=O) groups excluding carboxylic acids is 1. The largest absolute Gasteiger partial charge is 0.446 e. The van der Waals surface area contributed by atoms with Gasteiger partial charge in [-0.3, -0.25) is 10.3 Å². The highest BCUT2D eigenvalue weighted by Crippen LogP contribution is 2.23. The van der Waals surface area contributed by atoms with Crippen molar-refractivity contribution in [1.29, 1.82) is 0 Å². The number of nitrogens with one attached hydrogen (secondary N) is 2. The molecule has 2 aromatic rings. The van der Waals surface area contributed by atoms with Crippen molar-refractivity contribution in [2.45, 2.75) is 42.7 Å². The minimum Gasteiger partial charge on any atom is -0.446 e. The van der Waals surface area contributed by atoms with Gasteiger partial charge in [-0.25, -0.2) is 17.9 Å². The predicted octanol–water partition coefficient (Wildman–Crippen LogP) is 2.92. The highest BCUT2D eigenvalue weighted by Gasteiger charge is 2.28. The van der Waals surface area contributed by atoms with Gasteiger partial charge in [0.05, 0.1) is 0 Å². The minimum atomic E-state index is -3.63. The van der Waals surface area contributed by atoms with E-state index in [2.05, 4.69) is 15.0 Å². The van der Waals surface area contributed by atoms with E-state index in [4.69, 9.17) is 4.74 Å². The lowest BCUT2D eigenvalue weighted by Crippen LogP contribution is -2.41. The fraction of sp³-hybridized carbons (Fsp3) is 0.333. The Balaban J connectivity index is 1.55. The summed E-state index contributed by atoms with van der Waals surface area (Å²) in [5.74, 6) is 0. The number of anilines is 1. The van der Waals surface area contributed by atoms with Gasteiger partial charge in [0.15, 0.2) is 0 Å². The monoisotopic (exact) mass is 375 g/mol. The number of ether oxygens (including phenoxy) is 1. The molecule has 0 radical (unpaired) electrons. The summed E-state index contributed by atoms with van der Waals surface area (Å²) in [5.41, 5.74) is 0.655. The number of sulfonamides is 1. The zero-order valence-electron chi connectivity index (χ0n) is 14.2. The molecule has 1 fully saturated rings. The van der Waals surface area contributed by atoms with Gasteiger partial charge >= 0.3 is 6.09 Å². The van der Waals surface area contributed by atoms with Gasteiger partial charge in [0.2, 0.25) is 10.0 Å². The van der Waals surface area contributed by atoms with Crippen molar-refractivity contribution in [3.05, 3.63) is 54.9 Å². The normalized spacial score (nSPS) is 20.3. The van der Waals surface area contributed by atoms with Gasteiger partial charge in [-0.2, -0.15) is 0 Å². The van der Waals surface area contributed by atoms with Gasteiger partial charge in [0.25, 0.3) is 0 Å². The Labute approximate surface area is 152 Å². The van der Waals surface area contributed by atoms with Crippen molar-refractivity contribution < 1.29 is 17.9 Å². The van der Waals surface area contributed by atoms with Crippen LogP contribution in [-0.4, -0.2) is 31.6 Å². The van der Waals surface area contributed by atoms with Crippen molar-refractivity contribution in [3.63, 3.8) is 0 Å². The van der Waals surface area contributed by atoms with Gasteiger partial charge in [-0.15, -0.1) is 0 Å². The van der Waals surface area contributed by atoms with Crippen LogP contribution < -0.4 is 10.0 Å². The van der Waals surface area contributed by atoms with Crippen molar-refractivity contribution in [3.8, 4) is 0 Å². The molecule has 0 aliphatic heterocycles. The van der Waals surface area contributed by atoms with Gasteiger partial charge < -0.3 is 4.74 Å². The number of hydrogen-bond acceptors (Lipinski definition) is 5. The molecule has 1 saturated carbocycles. The first-order valence-electron chi connectivity index (χ1n) is 8.48. The Morgan fingerprint density at radius 2 is 1.92 bits per heavy atom. The van der Waals surface area contributed by atoms with Crippen molar-refractivity contribution >= 4 is 21.8 Å². The third-order valence-corrected chi connectivity index (χ3v) is 5.69. The molecular formula is C18H21N3O4S. The van der Waals surface area contributed by atoms with Crippen LogP contribution in [0.1, 0.15) is 25.7 Å². The van der Waals surface area contributed by atoms with E-state index in [9.17, 15) is 13.2 Å². The molecule has 138 valence electrons. The summed E-state index contributed by atoms with van der Waals surface area (Å²) < 4.78 is 32.9. The molecule has 26 heavy (non-hydrogen) atoms. The standard InChI is InChI=1S/C18H21N3O4S/c22-18(20-14-6-2-1-3-7-14)25-16-9-4-8-15(12-16)21-26(23,24)17-10-5-11-19-13-17/h1-3,5-7,10-11,13,15-16,21H,4,8-9,12H2,(H,20,22)/t15-,16-/m1/s1. The van der Waals surface area contributed by atoms with E-state index < -0.39 is 16.1 Å². The summed E-state index contributed by atoms with van der Waals surface area (Å²) in [4.78, 5) is 16.0. The minimum absolute atomic E-state index is 0.130. The Hall–Kier alpha value is -2.45. The average molecular weight is 375 g/mol. The third kappa shape index (κ3) is 5.03. The number of hydrogen-bond donors (Lipinski definition) is 2. The Bertz CT molecular complexity index is 828. The second-order valence-electron chi connectivity index (χ2n) is 6.19. The maximum absolute atomic E-state index is 12.4. The number of benzene rings is 1. The molecule has 0 bridgehead atoms. The van der Waals surface area contributed by atoms with Crippen LogP contribution in [-0.2, 0) is 14.8 Å². The smallest absolute Gasteiger partial charge is 0.411 e. The zero-order valence-corrected chi connectivity index (χ0v) is 15.0. The molecule has 1 aliphatic carbocycles. The Morgan fingerprint density at radius 1 is 1.12 bits per heavy atom. The van der Waals surface area contributed by atoms with Gasteiger partial charge in [-0.05, 0) is 43.5 Å². The molecule has 2 atom stereocenters. The molecule has 7 nitrogen and oxygen atoms in total. The van der Waals surface area contributed by atoms with Crippen molar-refractivity contribution in [2.75, 3.05) is 5.32 Å². The molecule has 2 N–H and O–H groups in total. The predicted molar refractivity (Wildman–Crippen MR) is 97.1 cm³/mol. The summed E-state index contributed by atoms with van der Waals surface area (Å²) in [7, 11) is -3.63. The van der Waals surface area contributed by atoms with E-state index in [0.717, 1.165) is 6.42 Å². The maximum Gasteiger partial charge on any atom is 0.411 e. The Morgan fingerprint density at radius 3 is 2.65 bits per heavy atom. The number of amides is 1. The molecule has 1 heterocycles. The van der Waals surface area contributed by atoms with Crippen LogP contribution in [0.4, 0.5) is 10.5 Å². The first-order chi connectivity index (χ1) is 12.5. The highest BCUT2D eigenvalue weighted by molar-refractivity contribution is 7.89. The van der Waals surface area contributed by atoms with E-state index in [0.29, 0.717) is 24.9 Å². The maximum atomic E-state index is 12.4. The highest BCUT2D eigenvalue weighted by atomic mass is 32.2. The summed E-state index contributed by atoms with van der Waals surface area (Å²) in [6, 6.07) is 11.8. The van der Waals surface area contributed by atoms with E-state index in [1.807, 2.05) is 18.2 Å². The molecule has 0 saturated heterocycles. The van der Waals surface area contributed by atoms with Crippen molar-refractivity contribution in [1.82, 2.24) is 9.71 Å². The van der Waals surface area contributed by atoms with Crippen LogP contribution in [0.5, 0.6) is 0 Å². The molecule has 0 unspecified atom stereocenters. The summed E-state index contributed by atoms with van der Waals surface area (Å²) in [6.07, 6.45) is 4.63. The average Bonchev–Trinajstić information content (AvgIpc) is 2.63. The van der Waals surface area contributed by atoms with Gasteiger partial charge in [-0.1, -0.05) is 18.2 Å². The van der Waals surface area contributed by atoms with Crippen molar-refractivity contribution in [2.24, 2.45) is 0 Å². The van der Waals surface area contributed by atoms with E-state index in [1.165, 1.54) is 18.5 Å². The van der Waals surface area contributed by atoms with Crippen LogP contribution >= 0.6 is 0 Å². The van der Waals surface area contributed by atoms with Crippen LogP contribution in [0.2, 0.25) is 0 Å². The van der Waals surface area contributed by atoms with E-state index >= 15 is 0 Å². The second kappa shape index (κ2) is 8.29. The molecule has 0 spiro atoms. The second-order valence-corrected chi connectivity index (χ2v) is 7.91. The topological polar surface area (TPSA) is 97.4 Å². The van der Waals surface area contributed by atoms with Crippen LogP contribution in [0.25, 0.3) is 0 Å². The number of aromatic nitrogens is 1. The number of nitrogens with zero attached hydrogens (tertiary/aromatic N) is 1. The molecule has 3 rings (SSSR count). The van der Waals surface area contributed by atoms with Crippen LogP contribution in [0, 0.1) is 0 Å². The Kier molecular flexibility index (Phi) is 5.85. The van der Waals surface area contributed by atoms with Crippen LogP contribution in [0.3, 0.4) is 0 Å². The first-order valence-corrected chi connectivity index (χ1v) is 9.96. The molecular weight excluding hydrogens is 354 g/mol. The van der Waals surface area contributed by atoms with E-state index in [1.54, 1.807) is 18.2 Å². The van der Waals surface area contributed by atoms with E-state index in [-0.39, 0.29) is 17.0 Å². The lowest BCUT2D eigenvalue weighted by Gasteiger charge is -2.29. The quantitative estimate of drug-likeness (QED) is 0.837. The number of rotatable bonds is 5. The SMILES string of the molecule is O=C(Nc1ccccc1)O[C@@H]1CCC[C@@H](NS(=O)(=O)c2cccnc2)C1. The fourth-order valence-electron chi connectivity index (χ4n) is 2.97. The molecule has 1 aromatic heterocycles. The lowest BCUT2D eigenvalue weighted by molar-refractivity contribution is 0.0793. The first kappa shape index (κ1) is 18.3. The lowest BCUT2D eigenvalue weighted by atomic mass is 9.94. The fourth-order valence-corrected chi connectivity index (χ4v) is 4.22. The number of pyridine rings is 1. The molecule has 1 aliphatic rings. The summed E-state index contributed by atoms with van der Waals surface area (Å²) in [5, 5.41) is 2.67. The molecule has 8 heteroatoms. The third-order valence-electron chi connectivity index (χ3n) is 4.19. The molecule has 1 aromatic carbocycles. The van der Waals surface area contributed by atoms with Crippen LogP contribution in [0.15, 0.2) is 59.8 Å². The zero-order chi connectivity index (χ0) is 18.4. The van der Waals surface area contributed by atoms with Gasteiger partial charge in [0, 0.05) is 30.5 Å². The summed E-state index contributed by atoms with van der Waals surface area (Å²) in [6.45, 7) is 0. The number of para-hydroxylation sites is 1. The molecule has 1 amide bonds.